The smallest absolute Gasteiger partial charge is 0.271 e. The normalized spacial score (nSPS) is 14.0. The van der Waals surface area contributed by atoms with E-state index >= 15 is 0 Å². The Labute approximate surface area is 158 Å². The van der Waals surface area contributed by atoms with Gasteiger partial charge in [-0.3, -0.25) is 9.59 Å². The predicted octanol–water partition coefficient (Wildman–Crippen LogP) is 3.82. The molecule has 0 bridgehead atoms. The number of hydrazone groups is 1. The highest BCUT2D eigenvalue weighted by Gasteiger charge is 2.27. The molecule has 0 aliphatic carbocycles. The van der Waals surface area contributed by atoms with Crippen LogP contribution in [0.15, 0.2) is 47.6 Å². The number of hydrogen-bond acceptors (Lipinski definition) is 4. The zero-order valence-electron chi connectivity index (χ0n) is 15.8. The Bertz CT molecular complexity index is 905. The summed E-state index contributed by atoms with van der Waals surface area (Å²) in [4.78, 5) is 25.1. The molecule has 2 amide bonds. The number of ether oxygens (including phenoxy) is 1. The van der Waals surface area contributed by atoms with Crippen molar-refractivity contribution in [2.45, 2.75) is 33.6 Å². The fourth-order valence-electron chi connectivity index (χ4n) is 2.90. The van der Waals surface area contributed by atoms with Crippen LogP contribution in [0.1, 0.15) is 30.9 Å². The van der Waals surface area contributed by atoms with E-state index in [1.807, 2.05) is 51.1 Å². The molecule has 3 rings (SSSR count). The van der Waals surface area contributed by atoms with Crippen LogP contribution in [-0.4, -0.2) is 24.1 Å². The van der Waals surface area contributed by atoms with E-state index in [2.05, 4.69) is 10.4 Å². The number of carbonyl (C=O) groups excluding carboxylic acids is 2. The van der Waals surface area contributed by atoms with Gasteiger partial charge in [0.15, 0.2) is 0 Å². The van der Waals surface area contributed by atoms with E-state index in [0.717, 1.165) is 11.1 Å². The number of para-hydroxylation sites is 2. The van der Waals surface area contributed by atoms with Crippen molar-refractivity contribution in [2.24, 2.45) is 5.10 Å². The lowest BCUT2D eigenvalue weighted by molar-refractivity contribution is -0.118. The lowest BCUT2D eigenvalue weighted by Gasteiger charge is -2.25. The number of nitrogens with one attached hydrogen (secondary N) is 1. The summed E-state index contributed by atoms with van der Waals surface area (Å²) < 4.78 is 5.54. The lowest BCUT2D eigenvalue weighted by atomic mass is 10.1. The highest BCUT2D eigenvalue weighted by atomic mass is 16.5. The molecule has 0 aromatic heterocycles. The second-order valence-corrected chi connectivity index (χ2v) is 6.43. The summed E-state index contributed by atoms with van der Waals surface area (Å²) >= 11 is 0. The van der Waals surface area contributed by atoms with Crippen LogP contribution in [-0.2, 0) is 9.59 Å². The number of carbonyl (C=O) groups is 2. The van der Waals surface area contributed by atoms with Crippen LogP contribution in [0.4, 0.5) is 11.4 Å². The standard InChI is InChI=1S/C21H23N3O3/c1-4-27-19-8-6-5-7-16(19)22-21(26)17-11-12-20(25)24(23-17)18-13-14(2)9-10-15(18)3/h5-10,13H,4,11-12H2,1-3H3,(H,22,26). The molecule has 2 aromatic rings. The van der Waals surface area contributed by atoms with Crippen LogP contribution in [0.5, 0.6) is 5.75 Å². The molecular formula is C21H23N3O3. The summed E-state index contributed by atoms with van der Waals surface area (Å²) in [7, 11) is 0. The third-order valence-electron chi connectivity index (χ3n) is 4.32. The Morgan fingerprint density at radius 1 is 1.19 bits per heavy atom. The first-order chi connectivity index (χ1) is 13.0. The summed E-state index contributed by atoms with van der Waals surface area (Å²) in [5.41, 5.74) is 3.57. The number of aryl methyl sites for hydroxylation is 2. The Balaban J connectivity index is 1.87. The maximum absolute atomic E-state index is 12.7. The van der Waals surface area contributed by atoms with Crippen LogP contribution in [0.2, 0.25) is 0 Å². The molecule has 2 aromatic carbocycles. The first kappa shape index (κ1) is 18.6. The maximum Gasteiger partial charge on any atom is 0.271 e. The Morgan fingerprint density at radius 2 is 1.96 bits per heavy atom. The minimum absolute atomic E-state index is 0.116. The quantitative estimate of drug-likeness (QED) is 0.875. The summed E-state index contributed by atoms with van der Waals surface area (Å²) in [6.45, 7) is 6.27. The molecule has 0 radical (unpaired) electrons. The molecular weight excluding hydrogens is 342 g/mol. The number of hydrogen-bond donors (Lipinski definition) is 1. The fourth-order valence-corrected chi connectivity index (χ4v) is 2.90. The second-order valence-electron chi connectivity index (χ2n) is 6.43. The van der Waals surface area contributed by atoms with E-state index in [4.69, 9.17) is 4.74 Å². The Hall–Kier alpha value is -3.15. The molecule has 140 valence electrons. The average molecular weight is 365 g/mol. The van der Waals surface area contributed by atoms with Crippen molar-refractivity contribution >= 4 is 28.9 Å². The fraction of sp³-hybridized carbons (Fsp3) is 0.286. The van der Waals surface area contributed by atoms with Gasteiger partial charge in [-0.2, -0.15) is 5.10 Å². The van der Waals surface area contributed by atoms with Gasteiger partial charge in [0.1, 0.15) is 11.5 Å². The molecule has 0 spiro atoms. The van der Waals surface area contributed by atoms with Gasteiger partial charge < -0.3 is 10.1 Å². The maximum atomic E-state index is 12.7. The molecule has 27 heavy (non-hydrogen) atoms. The largest absolute Gasteiger partial charge is 0.492 e. The third-order valence-corrected chi connectivity index (χ3v) is 4.32. The Kier molecular flexibility index (Phi) is 5.54. The van der Waals surface area contributed by atoms with Crippen molar-refractivity contribution in [3.63, 3.8) is 0 Å². The second kappa shape index (κ2) is 8.03. The first-order valence-electron chi connectivity index (χ1n) is 9.00. The zero-order valence-corrected chi connectivity index (χ0v) is 15.8. The molecule has 0 saturated carbocycles. The van der Waals surface area contributed by atoms with Crippen molar-refractivity contribution in [3.05, 3.63) is 53.6 Å². The van der Waals surface area contributed by atoms with Crippen molar-refractivity contribution in [1.29, 1.82) is 0 Å². The van der Waals surface area contributed by atoms with E-state index in [1.165, 1.54) is 5.01 Å². The number of anilines is 2. The van der Waals surface area contributed by atoms with Crippen LogP contribution in [0.25, 0.3) is 0 Å². The predicted molar refractivity (Wildman–Crippen MR) is 106 cm³/mol. The zero-order chi connectivity index (χ0) is 19.4. The van der Waals surface area contributed by atoms with Gasteiger partial charge in [0.25, 0.3) is 5.91 Å². The van der Waals surface area contributed by atoms with Gasteiger partial charge in [0, 0.05) is 12.8 Å². The van der Waals surface area contributed by atoms with Crippen molar-refractivity contribution in [1.82, 2.24) is 0 Å². The number of benzene rings is 2. The molecule has 0 unspecified atom stereocenters. The summed E-state index contributed by atoms with van der Waals surface area (Å²) in [6.07, 6.45) is 0.551. The topological polar surface area (TPSA) is 71.0 Å². The SMILES string of the molecule is CCOc1ccccc1NC(=O)C1=NN(c2cc(C)ccc2C)C(=O)CC1. The van der Waals surface area contributed by atoms with E-state index in [-0.39, 0.29) is 18.2 Å². The molecule has 6 heteroatoms. The molecule has 6 nitrogen and oxygen atoms in total. The number of rotatable bonds is 5. The van der Waals surface area contributed by atoms with Crippen molar-refractivity contribution in [3.8, 4) is 5.75 Å². The average Bonchev–Trinajstić information content (AvgIpc) is 2.66. The monoisotopic (exact) mass is 365 g/mol. The van der Waals surface area contributed by atoms with E-state index < -0.39 is 0 Å². The highest BCUT2D eigenvalue weighted by Crippen LogP contribution is 2.27. The van der Waals surface area contributed by atoms with Crippen molar-refractivity contribution < 1.29 is 14.3 Å². The highest BCUT2D eigenvalue weighted by molar-refractivity contribution is 6.44. The minimum atomic E-state index is -0.329. The molecule has 0 saturated heterocycles. The molecule has 1 heterocycles. The van der Waals surface area contributed by atoms with Crippen LogP contribution in [0.3, 0.4) is 0 Å². The molecule has 1 N–H and O–H groups in total. The third kappa shape index (κ3) is 4.16. The lowest BCUT2D eigenvalue weighted by Crippen LogP contribution is -2.36. The van der Waals surface area contributed by atoms with Gasteiger partial charge in [-0.25, -0.2) is 5.01 Å². The van der Waals surface area contributed by atoms with Crippen LogP contribution in [0, 0.1) is 13.8 Å². The van der Waals surface area contributed by atoms with E-state index in [1.54, 1.807) is 12.1 Å². The summed E-state index contributed by atoms with van der Waals surface area (Å²) in [6, 6.07) is 13.1. The van der Waals surface area contributed by atoms with Gasteiger partial charge in [0.2, 0.25) is 5.91 Å². The summed E-state index contributed by atoms with van der Waals surface area (Å²) in [5.74, 6) is 0.159. The molecule has 1 aliphatic heterocycles. The minimum Gasteiger partial charge on any atom is -0.492 e. The van der Waals surface area contributed by atoms with Gasteiger partial charge in [-0.05, 0) is 50.1 Å². The van der Waals surface area contributed by atoms with Gasteiger partial charge in [-0.15, -0.1) is 0 Å². The van der Waals surface area contributed by atoms with Gasteiger partial charge in [-0.1, -0.05) is 24.3 Å². The number of amides is 2. The van der Waals surface area contributed by atoms with Gasteiger partial charge >= 0.3 is 0 Å². The van der Waals surface area contributed by atoms with E-state index in [9.17, 15) is 9.59 Å². The molecule has 0 atom stereocenters. The van der Waals surface area contributed by atoms with Gasteiger partial charge in [0.05, 0.1) is 18.0 Å². The molecule has 1 aliphatic rings. The van der Waals surface area contributed by atoms with Crippen molar-refractivity contribution in [2.75, 3.05) is 16.9 Å². The first-order valence-corrected chi connectivity index (χ1v) is 9.00. The van der Waals surface area contributed by atoms with Crippen LogP contribution < -0.4 is 15.1 Å². The summed E-state index contributed by atoms with van der Waals surface area (Å²) in [5, 5.41) is 8.54. The van der Waals surface area contributed by atoms with Crippen LogP contribution >= 0.6 is 0 Å². The molecule has 0 fully saturated rings. The Morgan fingerprint density at radius 3 is 2.74 bits per heavy atom. The van der Waals surface area contributed by atoms with E-state index in [0.29, 0.717) is 35.9 Å². The number of nitrogens with zero attached hydrogens (tertiary/aromatic N) is 2.